The maximum absolute atomic E-state index is 8.87. The highest BCUT2D eigenvalue weighted by atomic mass is 16.5. The molecule has 0 radical (unpaired) electrons. The molecular weight excluding hydrogens is 256 g/mol. The van der Waals surface area contributed by atoms with Crippen molar-refractivity contribution in [3.05, 3.63) is 41.7 Å². The molecule has 0 aliphatic heterocycles. The smallest absolute Gasteiger partial charge is 0.225 e. The van der Waals surface area contributed by atoms with Crippen LogP contribution in [0.2, 0.25) is 0 Å². The second-order valence-electron chi connectivity index (χ2n) is 3.92. The van der Waals surface area contributed by atoms with Gasteiger partial charge in [0.25, 0.3) is 0 Å². The van der Waals surface area contributed by atoms with Crippen molar-refractivity contribution in [1.82, 2.24) is 9.97 Å². The van der Waals surface area contributed by atoms with E-state index in [1.165, 1.54) is 6.33 Å². The van der Waals surface area contributed by atoms with Crippen molar-refractivity contribution in [2.24, 2.45) is 0 Å². The maximum Gasteiger partial charge on any atom is 0.225 e. The molecule has 0 fully saturated rings. The largest absolute Gasteiger partial charge is 0.481 e. The van der Waals surface area contributed by atoms with Gasteiger partial charge in [-0.05, 0) is 18.2 Å². The second-order valence-corrected chi connectivity index (χ2v) is 3.92. The van der Waals surface area contributed by atoms with Gasteiger partial charge in [-0.2, -0.15) is 5.26 Å². The first kappa shape index (κ1) is 13.6. The van der Waals surface area contributed by atoms with E-state index in [1.54, 1.807) is 26.4 Å². The van der Waals surface area contributed by atoms with Crippen LogP contribution in [0.1, 0.15) is 11.1 Å². The van der Waals surface area contributed by atoms with Crippen molar-refractivity contribution in [2.75, 3.05) is 19.5 Å². The van der Waals surface area contributed by atoms with Gasteiger partial charge in [-0.3, -0.25) is 0 Å². The number of methoxy groups -OCH3 is 2. The third-order valence-electron chi connectivity index (χ3n) is 2.71. The van der Waals surface area contributed by atoms with Crippen LogP contribution in [0.3, 0.4) is 0 Å². The van der Waals surface area contributed by atoms with Crippen molar-refractivity contribution in [1.29, 1.82) is 5.26 Å². The molecule has 1 aromatic heterocycles. The van der Waals surface area contributed by atoms with Crippen LogP contribution in [0.15, 0.2) is 30.6 Å². The Hall–Kier alpha value is -2.81. The number of benzene rings is 1. The summed E-state index contributed by atoms with van der Waals surface area (Å²) in [6.07, 6.45) is 1.39. The van der Waals surface area contributed by atoms with Gasteiger partial charge in [0.1, 0.15) is 6.33 Å². The van der Waals surface area contributed by atoms with Gasteiger partial charge in [-0.25, -0.2) is 9.97 Å². The molecule has 6 nitrogen and oxygen atoms in total. The minimum Gasteiger partial charge on any atom is -0.481 e. The zero-order valence-electron chi connectivity index (χ0n) is 11.3. The van der Waals surface area contributed by atoms with E-state index >= 15 is 0 Å². The molecular formula is C14H14N4O2. The van der Waals surface area contributed by atoms with E-state index in [0.29, 0.717) is 23.9 Å². The highest BCUT2D eigenvalue weighted by molar-refractivity contribution is 5.50. The Labute approximate surface area is 117 Å². The van der Waals surface area contributed by atoms with Gasteiger partial charge in [0.15, 0.2) is 0 Å². The molecule has 0 aliphatic rings. The van der Waals surface area contributed by atoms with E-state index in [1.807, 2.05) is 12.1 Å². The normalized spacial score (nSPS) is 9.65. The van der Waals surface area contributed by atoms with Gasteiger partial charge >= 0.3 is 0 Å². The molecule has 6 heteroatoms. The Balaban J connectivity index is 2.20. The summed E-state index contributed by atoms with van der Waals surface area (Å²) in [6.45, 7) is 0.433. The molecule has 2 rings (SSSR count). The summed E-state index contributed by atoms with van der Waals surface area (Å²) in [5, 5.41) is 12.1. The molecule has 0 unspecified atom stereocenters. The summed E-state index contributed by atoms with van der Waals surface area (Å²) in [5.74, 6) is 0.918. The first-order valence-electron chi connectivity index (χ1n) is 5.94. The van der Waals surface area contributed by atoms with Crippen LogP contribution in [0.25, 0.3) is 0 Å². The number of hydrogen-bond donors (Lipinski definition) is 1. The summed E-state index contributed by atoms with van der Waals surface area (Å²) in [6, 6.07) is 9.31. The molecule has 1 aromatic carbocycles. The Kier molecular flexibility index (Phi) is 4.35. The number of ether oxygens (including phenoxy) is 2. The average Bonchev–Trinajstić information content (AvgIpc) is 2.52. The van der Waals surface area contributed by atoms with Crippen molar-refractivity contribution >= 4 is 5.69 Å². The van der Waals surface area contributed by atoms with E-state index < -0.39 is 0 Å². The van der Waals surface area contributed by atoms with Crippen LogP contribution in [0.5, 0.6) is 11.8 Å². The number of nitrogens with one attached hydrogen (secondary N) is 1. The van der Waals surface area contributed by atoms with E-state index in [0.717, 1.165) is 11.3 Å². The van der Waals surface area contributed by atoms with Crippen LogP contribution in [-0.4, -0.2) is 24.2 Å². The van der Waals surface area contributed by atoms with Crippen molar-refractivity contribution in [3.8, 4) is 17.8 Å². The van der Waals surface area contributed by atoms with Crippen molar-refractivity contribution in [3.63, 3.8) is 0 Å². The van der Waals surface area contributed by atoms with Crippen LogP contribution in [0, 0.1) is 11.3 Å². The Morgan fingerprint density at radius 1 is 1.20 bits per heavy atom. The predicted octanol–water partition coefficient (Wildman–Crippen LogP) is 1.98. The first-order valence-corrected chi connectivity index (χ1v) is 5.94. The van der Waals surface area contributed by atoms with E-state index in [2.05, 4.69) is 21.4 Å². The van der Waals surface area contributed by atoms with E-state index in [-0.39, 0.29) is 0 Å². The molecule has 0 amide bonds. The third kappa shape index (κ3) is 2.95. The molecule has 20 heavy (non-hydrogen) atoms. The van der Waals surface area contributed by atoms with Gasteiger partial charge in [-0.1, -0.05) is 6.07 Å². The Morgan fingerprint density at radius 3 is 2.50 bits per heavy atom. The fraction of sp³-hybridized carbons (Fsp3) is 0.214. The number of rotatable bonds is 5. The topological polar surface area (TPSA) is 80.1 Å². The molecule has 102 valence electrons. The van der Waals surface area contributed by atoms with Crippen LogP contribution < -0.4 is 14.8 Å². The first-order chi connectivity index (χ1) is 9.78. The highest BCUT2D eigenvalue weighted by Crippen LogP contribution is 2.24. The minimum absolute atomic E-state index is 0.433. The third-order valence-corrected chi connectivity index (χ3v) is 2.71. The summed E-state index contributed by atoms with van der Waals surface area (Å²) >= 11 is 0. The van der Waals surface area contributed by atoms with Crippen LogP contribution in [0.4, 0.5) is 5.69 Å². The van der Waals surface area contributed by atoms with Crippen molar-refractivity contribution < 1.29 is 9.47 Å². The highest BCUT2D eigenvalue weighted by Gasteiger charge is 2.12. The molecule has 1 heterocycles. The lowest BCUT2D eigenvalue weighted by Gasteiger charge is -2.12. The summed E-state index contributed by atoms with van der Waals surface area (Å²) in [5.41, 5.74) is 2.15. The minimum atomic E-state index is 0.433. The Morgan fingerprint density at radius 2 is 1.90 bits per heavy atom. The maximum atomic E-state index is 8.87. The van der Waals surface area contributed by atoms with Gasteiger partial charge in [0.05, 0.1) is 38.0 Å². The zero-order chi connectivity index (χ0) is 14.4. The molecule has 2 aromatic rings. The van der Waals surface area contributed by atoms with Gasteiger partial charge in [-0.15, -0.1) is 0 Å². The van der Waals surface area contributed by atoms with E-state index in [4.69, 9.17) is 14.7 Å². The lowest BCUT2D eigenvalue weighted by atomic mass is 10.2. The monoisotopic (exact) mass is 270 g/mol. The van der Waals surface area contributed by atoms with Crippen LogP contribution in [-0.2, 0) is 6.54 Å². The quantitative estimate of drug-likeness (QED) is 0.894. The predicted molar refractivity (Wildman–Crippen MR) is 73.6 cm³/mol. The van der Waals surface area contributed by atoms with Gasteiger partial charge in [0, 0.05) is 5.69 Å². The molecule has 0 bridgehead atoms. The molecule has 1 N–H and O–H groups in total. The molecule has 0 aliphatic carbocycles. The number of aromatic nitrogens is 2. The summed E-state index contributed by atoms with van der Waals surface area (Å²) in [4.78, 5) is 8.09. The molecule has 0 saturated heterocycles. The fourth-order valence-electron chi connectivity index (χ4n) is 1.77. The zero-order valence-corrected chi connectivity index (χ0v) is 11.3. The standard InChI is InChI=1S/C14H14N4O2/c1-19-13-12(14(20-2)18-9-17-13)8-16-11-5-3-4-10(6-11)7-15/h3-6,9,16H,8H2,1-2H3. The van der Waals surface area contributed by atoms with Gasteiger partial charge in [0.2, 0.25) is 11.8 Å². The molecule has 0 atom stereocenters. The Bertz CT molecular complexity index is 615. The van der Waals surface area contributed by atoms with Crippen molar-refractivity contribution in [2.45, 2.75) is 6.54 Å². The van der Waals surface area contributed by atoms with Gasteiger partial charge < -0.3 is 14.8 Å². The summed E-state index contributed by atoms with van der Waals surface area (Å²) in [7, 11) is 3.09. The fourth-order valence-corrected chi connectivity index (χ4v) is 1.77. The molecule has 0 saturated carbocycles. The SMILES string of the molecule is COc1ncnc(OC)c1CNc1cccc(C#N)c1. The number of nitriles is 1. The second kappa shape index (κ2) is 6.38. The number of nitrogens with zero attached hydrogens (tertiary/aromatic N) is 3. The lowest BCUT2D eigenvalue weighted by molar-refractivity contribution is 0.363. The average molecular weight is 270 g/mol. The van der Waals surface area contributed by atoms with E-state index in [9.17, 15) is 0 Å². The number of anilines is 1. The number of hydrogen-bond acceptors (Lipinski definition) is 6. The van der Waals surface area contributed by atoms with Crippen LogP contribution >= 0.6 is 0 Å². The summed E-state index contributed by atoms with van der Waals surface area (Å²) < 4.78 is 10.4. The molecule has 0 spiro atoms. The lowest BCUT2D eigenvalue weighted by Crippen LogP contribution is -2.06.